The Balaban J connectivity index is -0.0000000986. The summed E-state index contributed by atoms with van der Waals surface area (Å²) in [6.07, 6.45) is -0.248. The Morgan fingerprint density at radius 3 is 1.36 bits per heavy atom. The summed E-state index contributed by atoms with van der Waals surface area (Å²) in [4.78, 5) is 9.38. The maximum absolute atomic E-state index is 9.38. The van der Waals surface area contributed by atoms with Crippen LogP contribution < -0.4 is 0 Å². The molecule has 0 aliphatic heterocycles. The number of carboxylic acids is 1. The first-order valence-corrected chi connectivity index (χ1v) is 5.75. The van der Waals surface area contributed by atoms with Crippen molar-refractivity contribution in [2.45, 2.75) is 38.7 Å². The van der Waals surface area contributed by atoms with Gasteiger partial charge >= 0.3 is 5.97 Å². The smallest absolute Gasteiger partial charge is 0.317 e. The Morgan fingerprint density at radius 1 is 0.955 bits per heavy atom. The van der Waals surface area contributed by atoms with Crippen molar-refractivity contribution in [1.29, 1.82) is 26.3 Å². The maximum atomic E-state index is 9.38. The molecule has 0 aromatic rings. The third kappa shape index (κ3) is 90.3. The lowest BCUT2D eigenvalue weighted by Gasteiger charge is -1.76. The molecule has 0 bridgehead atoms. The lowest BCUT2D eigenvalue weighted by molar-refractivity contribution is -0.135. The third-order valence-electron chi connectivity index (χ3n) is 0.989. The van der Waals surface area contributed by atoms with Gasteiger partial charge in [0.05, 0.1) is 43.4 Å². The van der Waals surface area contributed by atoms with Crippen LogP contribution >= 0.6 is 0 Å². The number of nitriles is 5. The zero-order valence-corrected chi connectivity index (χ0v) is 12.1. The molecule has 0 saturated carbocycles. The molecule has 0 radical (unpaired) electrons. The molecule has 0 amide bonds. The first kappa shape index (κ1) is 27.2. The fourth-order valence-corrected chi connectivity index (χ4v) is 0.229. The minimum atomic E-state index is -1.07. The second-order valence-electron chi connectivity index (χ2n) is 2.98. The van der Waals surface area contributed by atoms with Gasteiger partial charge in [0, 0.05) is 12.8 Å². The minimum Gasteiger partial charge on any atom is -0.480 e. The summed E-state index contributed by atoms with van der Waals surface area (Å²) < 4.78 is 0. The molecule has 0 fully saturated rings. The highest BCUT2D eigenvalue weighted by Crippen LogP contribution is 1.78. The van der Waals surface area contributed by atoms with Crippen LogP contribution in [0.25, 0.3) is 0 Å². The highest BCUT2D eigenvalue weighted by atomic mass is 16.4. The topological polar surface area (TPSA) is 197 Å². The van der Waals surface area contributed by atoms with Crippen LogP contribution in [-0.4, -0.2) is 34.0 Å². The van der Waals surface area contributed by atoms with Gasteiger partial charge in [-0.2, -0.15) is 26.3 Å². The number of aliphatic hydroxyl groups excluding tert-OH is 2. The van der Waals surface area contributed by atoms with E-state index in [2.05, 4.69) is 0 Å². The van der Waals surface area contributed by atoms with E-state index in [0.29, 0.717) is 12.8 Å². The van der Waals surface area contributed by atoms with E-state index >= 15 is 0 Å². The molecular weight excluding hydrogens is 290 g/mol. The van der Waals surface area contributed by atoms with E-state index in [0.717, 1.165) is 0 Å². The number of unbranched alkanes of at least 4 members (excludes halogenated alkanes) is 1. The van der Waals surface area contributed by atoms with Gasteiger partial charge in [-0.3, -0.25) is 4.79 Å². The third-order valence-corrected chi connectivity index (χ3v) is 0.989. The van der Waals surface area contributed by atoms with Gasteiger partial charge in [0.2, 0.25) is 0 Å². The molecule has 0 aliphatic rings. The number of hydrogen-bond acceptors (Lipinski definition) is 8. The van der Waals surface area contributed by atoms with Crippen LogP contribution in [0.5, 0.6) is 0 Å². The van der Waals surface area contributed by atoms with E-state index in [-0.39, 0.29) is 13.0 Å². The van der Waals surface area contributed by atoms with Gasteiger partial charge in [-0.05, 0) is 6.92 Å². The Kier molecular flexibility index (Phi) is 38.0. The molecule has 0 aliphatic carbocycles. The van der Waals surface area contributed by atoms with Crippen LogP contribution in [0.15, 0.2) is 0 Å². The van der Waals surface area contributed by atoms with E-state index in [4.69, 9.17) is 41.6 Å². The quantitative estimate of drug-likeness (QED) is 0.493. The van der Waals surface area contributed by atoms with Crippen LogP contribution in [0.3, 0.4) is 0 Å². The Hall–Kier alpha value is -3.16. The maximum Gasteiger partial charge on any atom is 0.317 e. The van der Waals surface area contributed by atoms with E-state index in [1.807, 2.05) is 12.1 Å². The molecular formula is C13H17N5O4. The van der Waals surface area contributed by atoms with Gasteiger partial charge < -0.3 is 15.3 Å². The Morgan fingerprint density at radius 2 is 1.32 bits per heavy atom. The molecule has 3 N–H and O–H groups in total. The van der Waals surface area contributed by atoms with Gasteiger partial charge in [-0.25, -0.2) is 0 Å². The summed E-state index contributed by atoms with van der Waals surface area (Å²) in [6.45, 7) is 1.40. The summed E-state index contributed by atoms with van der Waals surface area (Å²) >= 11 is 0. The van der Waals surface area contributed by atoms with Crippen molar-refractivity contribution < 1.29 is 20.1 Å². The monoisotopic (exact) mass is 307 g/mol. The average molecular weight is 307 g/mol. The largest absolute Gasteiger partial charge is 0.480 e. The standard InChI is InChI=1S/C4H4N2.C3H3NO2.2C3H5NO/c5-3-1-2-4-6;4-2-1-3(5)6;1-3(5)2-4;4-2-1-3-5/h1-2H2;1H2,(H,5,6);3,5H,1H3;5H,1,3H2. The average Bonchev–Trinajstić information content (AvgIpc) is 2.47. The predicted molar refractivity (Wildman–Crippen MR) is 72.9 cm³/mol. The molecule has 118 valence electrons. The molecule has 0 aromatic heterocycles. The number of rotatable bonds is 3. The van der Waals surface area contributed by atoms with Crippen molar-refractivity contribution in [1.82, 2.24) is 0 Å². The summed E-state index contributed by atoms with van der Waals surface area (Å²) in [5.74, 6) is -1.07. The molecule has 9 nitrogen and oxygen atoms in total. The van der Waals surface area contributed by atoms with E-state index in [1.165, 1.54) is 13.0 Å². The number of carboxylic acid groups (broad SMARTS) is 1. The zero-order valence-electron chi connectivity index (χ0n) is 12.1. The molecule has 0 saturated heterocycles. The van der Waals surface area contributed by atoms with Crippen LogP contribution in [0, 0.1) is 56.7 Å². The van der Waals surface area contributed by atoms with Crippen LogP contribution in [0.1, 0.15) is 32.6 Å². The first-order valence-electron chi connectivity index (χ1n) is 5.75. The Labute approximate surface area is 129 Å². The number of aliphatic carboxylic acids is 1. The van der Waals surface area contributed by atoms with Crippen molar-refractivity contribution in [2.24, 2.45) is 0 Å². The molecule has 0 aromatic carbocycles. The van der Waals surface area contributed by atoms with Crippen LogP contribution in [-0.2, 0) is 4.79 Å². The molecule has 1 atom stereocenters. The summed E-state index contributed by atoms with van der Waals surface area (Å²) in [7, 11) is 0. The number of carbonyl (C=O) groups is 1. The van der Waals surface area contributed by atoms with Gasteiger partial charge in [0.25, 0.3) is 0 Å². The highest BCUT2D eigenvalue weighted by Gasteiger charge is 1.87. The Bertz CT molecular complexity index is 443. The molecule has 1 unspecified atom stereocenters. The van der Waals surface area contributed by atoms with Gasteiger partial charge in [0.1, 0.15) is 12.5 Å². The van der Waals surface area contributed by atoms with Crippen molar-refractivity contribution in [3.05, 3.63) is 0 Å². The van der Waals surface area contributed by atoms with Gasteiger partial charge in [0.15, 0.2) is 0 Å². The van der Waals surface area contributed by atoms with Crippen LogP contribution in [0.2, 0.25) is 0 Å². The normalized spacial score (nSPS) is 7.73. The SMILES string of the molecule is CC(O)C#N.N#CCC(=O)O.N#CCCC#N.N#CCCO. The highest BCUT2D eigenvalue weighted by molar-refractivity contribution is 5.69. The van der Waals surface area contributed by atoms with Crippen LogP contribution in [0.4, 0.5) is 0 Å². The first-order chi connectivity index (χ1) is 10.4. The van der Waals surface area contributed by atoms with E-state index in [1.54, 1.807) is 12.1 Å². The lowest BCUT2D eigenvalue weighted by atomic mass is 10.4. The van der Waals surface area contributed by atoms with Crippen molar-refractivity contribution in [3.8, 4) is 30.3 Å². The fourth-order valence-electron chi connectivity index (χ4n) is 0.229. The second-order valence-corrected chi connectivity index (χ2v) is 2.98. The van der Waals surface area contributed by atoms with Crippen molar-refractivity contribution >= 4 is 5.97 Å². The van der Waals surface area contributed by atoms with E-state index in [9.17, 15) is 4.79 Å². The zero-order chi connectivity index (χ0) is 18.2. The molecule has 0 rings (SSSR count). The molecule has 0 spiro atoms. The summed E-state index contributed by atoms with van der Waals surface area (Å²) in [5, 5.41) is 62.0. The fraction of sp³-hybridized carbons (Fsp3) is 0.538. The lowest BCUT2D eigenvalue weighted by Crippen LogP contribution is -1.90. The molecule has 9 heteroatoms. The van der Waals surface area contributed by atoms with Crippen molar-refractivity contribution in [3.63, 3.8) is 0 Å². The van der Waals surface area contributed by atoms with Crippen molar-refractivity contribution in [2.75, 3.05) is 6.61 Å². The number of nitrogens with zero attached hydrogens (tertiary/aromatic N) is 5. The predicted octanol–water partition coefficient (Wildman–Crippen LogP) is 0.582. The molecule has 0 heterocycles. The number of aliphatic hydroxyl groups is 2. The summed E-state index contributed by atoms with van der Waals surface area (Å²) in [6, 6.07) is 8.51. The van der Waals surface area contributed by atoms with Gasteiger partial charge in [-0.1, -0.05) is 0 Å². The summed E-state index contributed by atoms with van der Waals surface area (Å²) in [5.41, 5.74) is 0. The number of hydrogen-bond donors (Lipinski definition) is 3. The second kappa shape index (κ2) is 30.7. The molecule has 22 heavy (non-hydrogen) atoms. The van der Waals surface area contributed by atoms with E-state index < -0.39 is 18.5 Å². The van der Waals surface area contributed by atoms with Gasteiger partial charge in [-0.15, -0.1) is 0 Å². The minimum absolute atomic E-state index is 0.0174.